The number of carbonyl (C=O) groups excluding carboxylic acids is 1. The molecule has 1 N–H and O–H groups in total. The lowest BCUT2D eigenvalue weighted by Crippen LogP contribution is -2.37. The van der Waals surface area contributed by atoms with E-state index in [9.17, 15) is 13.2 Å². The lowest BCUT2D eigenvalue weighted by atomic mass is 10.1. The van der Waals surface area contributed by atoms with Crippen LogP contribution in [0.1, 0.15) is 28.8 Å². The summed E-state index contributed by atoms with van der Waals surface area (Å²) >= 11 is 7.30. The zero-order valence-corrected chi connectivity index (χ0v) is 23.2. The number of nitrogens with one attached hydrogen (secondary N) is 1. The van der Waals surface area contributed by atoms with Gasteiger partial charge in [-0.3, -0.25) is 14.4 Å². The summed E-state index contributed by atoms with van der Waals surface area (Å²) in [6.45, 7) is 3.03. The molecule has 0 bridgehead atoms. The van der Waals surface area contributed by atoms with Crippen LogP contribution in [0.4, 0.5) is 10.8 Å². The molecule has 1 fully saturated rings. The number of thiazole rings is 1. The van der Waals surface area contributed by atoms with Crippen molar-refractivity contribution in [2.24, 2.45) is 0 Å². The topological polar surface area (TPSA) is 97.8 Å². The summed E-state index contributed by atoms with van der Waals surface area (Å²) < 4.78 is 40.3. The first-order valence-electron chi connectivity index (χ1n) is 12.0. The predicted molar refractivity (Wildman–Crippen MR) is 150 cm³/mol. The Bertz CT molecular complexity index is 1570. The van der Waals surface area contributed by atoms with Gasteiger partial charge in [-0.25, -0.2) is 13.4 Å². The monoisotopic (exact) mass is 571 g/mol. The predicted octanol–water partition coefficient (Wildman–Crippen LogP) is 5.89. The number of carbonyl (C=O) groups is 1. The molecule has 198 valence electrons. The Hall–Kier alpha value is -3.18. The molecule has 1 aliphatic rings. The van der Waals surface area contributed by atoms with Gasteiger partial charge in [-0.05, 0) is 79.9 Å². The second-order valence-corrected chi connectivity index (χ2v) is 12.0. The number of fused-ring (bicyclic) bond motifs is 1. The summed E-state index contributed by atoms with van der Waals surface area (Å²) in [4.78, 5) is 20.3. The Balaban J connectivity index is 1.43. The molecular formula is C27H26ClN3O5S2. The van der Waals surface area contributed by atoms with E-state index >= 15 is 0 Å². The molecule has 0 spiro atoms. The molecule has 3 aromatic carbocycles. The summed E-state index contributed by atoms with van der Waals surface area (Å²) in [7, 11) is -2.21. The van der Waals surface area contributed by atoms with Crippen LogP contribution < -0.4 is 14.4 Å². The largest absolute Gasteiger partial charge is 0.494 e. The minimum Gasteiger partial charge on any atom is -0.494 e. The van der Waals surface area contributed by atoms with Crippen LogP contribution in [-0.4, -0.2) is 45.7 Å². The summed E-state index contributed by atoms with van der Waals surface area (Å²) in [5.74, 6) is 0.401. The zero-order valence-electron chi connectivity index (χ0n) is 20.8. The summed E-state index contributed by atoms with van der Waals surface area (Å²) in [6.07, 6.45) is 1.73. The fourth-order valence-corrected chi connectivity index (χ4v) is 6.53. The molecule has 0 aliphatic carbocycles. The molecule has 5 rings (SSSR count). The number of hydrogen-bond acceptors (Lipinski definition) is 7. The van der Waals surface area contributed by atoms with Gasteiger partial charge in [-0.2, -0.15) is 0 Å². The maximum atomic E-state index is 13.8. The van der Waals surface area contributed by atoms with Crippen LogP contribution in [0.2, 0.25) is 5.02 Å². The minimum absolute atomic E-state index is 0.0839. The third-order valence-corrected chi connectivity index (χ3v) is 9.17. The van der Waals surface area contributed by atoms with Crippen LogP contribution in [0.15, 0.2) is 65.6 Å². The van der Waals surface area contributed by atoms with Crippen molar-refractivity contribution in [2.45, 2.75) is 30.8 Å². The van der Waals surface area contributed by atoms with Crippen LogP contribution in [0.25, 0.3) is 10.2 Å². The Morgan fingerprint density at radius 1 is 1.16 bits per heavy atom. The van der Waals surface area contributed by atoms with Gasteiger partial charge in [0.2, 0.25) is 0 Å². The van der Waals surface area contributed by atoms with Crippen molar-refractivity contribution in [2.75, 3.05) is 29.9 Å². The van der Waals surface area contributed by atoms with Crippen molar-refractivity contribution < 1.29 is 22.7 Å². The van der Waals surface area contributed by atoms with Crippen LogP contribution in [0.5, 0.6) is 5.75 Å². The number of hydrogen-bond donors (Lipinski definition) is 1. The van der Waals surface area contributed by atoms with Gasteiger partial charge in [0.1, 0.15) is 11.3 Å². The van der Waals surface area contributed by atoms with Gasteiger partial charge in [-0.15, -0.1) is 0 Å². The Morgan fingerprint density at radius 2 is 1.89 bits per heavy atom. The Morgan fingerprint density at radius 3 is 2.55 bits per heavy atom. The maximum Gasteiger partial charge on any atom is 0.261 e. The van der Waals surface area contributed by atoms with E-state index in [0.717, 1.165) is 23.1 Å². The Labute approximate surface area is 230 Å². The number of benzene rings is 3. The average Bonchev–Trinajstić information content (AvgIpc) is 3.58. The molecule has 38 heavy (non-hydrogen) atoms. The highest BCUT2D eigenvalue weighted by Crippen LogP contribution is 2.37. The third kappa shape index (κ3) is 5.49. The number of aromatic nitrogens is 1. The first kappa shape index (κ1) is 26.4. The molecule has 2 heterocycles. The van der Waals surface area contributed by atoms with E-state index in [1.807, 2.05) is 19.1 Å². The standard InChI is InChI=1S/C27H26ClN3O5S2/c1-17-5-14-23(35-2)24-25(17)37-27(29-24)31(16-21-4-3-15-36-21)26(32)18-6-10-20(11-7-18)30-38(33,34)22-12-8-19(28)9-13-22/h5-14,21,30H,3-4,15-16H2,1-2H3. The zero-order chi connectivity index (χ0) is 26.9. The van der Waals surface area contributed by atoms with Gasteiger partial charge in [0.25, 0.3) is 15.9 Å². The average molecular weight is 572 g/mol. The second kappa shape index (κ2) is 10.9. The first-order valence-corrected chi connectivity index (χ1v) is 14.7. The van der Waals surface area contributed by atoms with Gasteiger partial charge < -0.3 is 9.47 Å². The molecule has 1 aromatic heterocycles. The van der Waals surface area contributed by atoms with Crippen molar-refractivity contribution >= 4 is 59.9 Å². The Kier molecular flexibility index (Phi) is 7.58. The molecule has 8 nitrogen and oxygen atoms in total. The molecular weight excluding hydrogens is 546 g/mol. The first-order chi connectivity index (χ1) is 18.2. The maximum absolute atomic E-state index is 13.8. The van der Waals surface area contributed by atoms with E-state index in [2.05, 4.69) is 4.72 Å². The SMILES string of the molecule is COc1ccc(C)c2sc(N(CC3CCCO3)C(=O)c3ccc(NS(=O)(=O)c4ccc(Cl)cc4)cc3)nc12. The van der Waals surface area contributed by atoms with Crippen LogP contribution in [-0.2, 0) is 14.8 Å². The van der Waals surface area contributed by atoms with Gasteiger partial charge in [-0.1, -0.05) is 29.0 Å². The number of aryl methyl sites for hydroxylation is 1. The smallest absolute Gasteiger partial charge is 0.261 e. The van der Waals surface area contributed by atoms with Crippen LogP contribution in [0, 0.1) is 6.92 Å². The highest BCUT2D eigenvalue weighted by molar-refractivity contribution is 7.92. The molecule has 1 saturated heterocycles. The van der Waals surface area contributed by atoms with Crippen molar-refractivity contribution in [3.8, 4) is 5.75 Å². The van der Waals surface area contributed by atoms with E-state index < -0.39 is 10.0 Å². The van der Waals surface area contributed by atoms with Gasteiger partial charge in [0.15, 0.2) is 5.13 Å². The van der Waals surface area contributed by atoms with Crippen molar-refractivity contribution in [3.05, 3.63) is 76.8 Å². The van der Waals surface area contributed by atoms with E-state index in [0.29, 0.717) is 45.8 Å². The lowest BCUT2D eigenvalue weighted by Gasteiger charge is -2.23. The highest BCUT2D eigenvalue weighted by atomic mass is 35.5. The molecule has 1 atom stereocenters. The third-order valence-electron chi connectivity index (χ3n) is 6.31. The lowest BCUT2D eigenvalue weighted by molar-refractivity contribution is 0.0917. The van der Waals surface area contributed by atoms with Gasteiger partial charge in [0, 0.05) is 22.9 Å². The number of nitrogens with zero attached hydrogens (tertiary/aromatic N) is 2. The number of anilines is 2. The number of ether oxygens (including phenoxy) is 2. The number of sulfonamides is 1. The number of rotatable bonds is 8. The van der Waals surface area contributed by atoms with Crippen molar-refractivity contribution in [1.82, 2.24) is 4.98 Å². The fraction of sp³-hybridized carbons (Fsp3) is 0.259. The summed E-state index contributed by atoms with van der Waals surface area (Å²) in [5, 5.41) is 1.00. The molecule has 0 saturated carbocycles. The van der Waals surface area contributed by atoms with E-state index in [1.54, 1.807) is 36.3 Å². The quantitative estimate of drug-likeness (QED) is 0.283. The van der Waals surface area contributed by atoms with Crippen LogP contribution >= 0.6 is 22.9 Å². The van der Waals surface area contributed by atoms with Gasteiger partial charge in [0.05, 0.1) is 29.4 Å². The van der Waals surface area contributed by atoms with E-state index in [4.69, 9.17) is 26.1 Å². The number of halogens is 1. The van der Waals surface area contributed by atoms with Crippen molar-refractivity contribution in [1.29, 1.82) is 0 Å². The summed E-state index contributed by atoms with van der Waals surface area (Å²) in [5.41, 5.74) is 2.50. The molecule has 4 aromatic rings. The minimum atomic E-state index is -3.80. The summed E-state index contributed by atoms with van der Waals surface area (Å²) in [6, 6.07) is 16.1. The molecule has 1 amide bonds. The van der Waals surface area contributed by atoms with E-state index in [-0.39, 0.29) is 16.9 Å². The molecule has 11 heteroatoms. The van der Waals surface area contributed by atoms with Crippen LogP contribution in [0.3, 0.4) is 0 Å². The normalized spacial score (nSPS) is 15.5. The van der Waals surface area contributed by atoms with Gasteiger partial charge >= 0.3 is 0 Å². The number of amides is 1. The van der Waals surface area contributed by atoms with E-state index in [1.165, 1.54) is 35.6 Å². The molecule has 1 unspecified atom stereocenters. The highest BCUT2D eigenvalue weighted by Gasteiger charge is 2.28. The molecule has 0 radical (unpaired) electrons. The van der Waals surface area contributed by atoms with Crippen molar-refractivity contribution in [3.63, 3.8) is 0 Å². The number of methoxy groups -OCH3 is 1. The molecule has 1 aliphatic heterocycles. The second-order valence-electron chi connectivity index (χ2n) is 8.95. The fourth-order valence-electron chi connectivity index (χ4n) is 4.28.